The molecule has 1 aromatic carbocycles. The van der Waals surface area contributed by atoms with Crippen LogP contribution in [0.3, 0.4) is 0 Å². The van der Waals surface area contributed by atoms with Crippen molar-refractivity contribution in [2.45, 2.75) is 25.8 Å². The average Bonchev–Trinajstić information content (AvgIpc) is 3.01. The Kier molecular flexibility index (Phi) is 3.64. The molecule has 2 aromatic rings. The summed E-state index contributed by atoms with van der Waals surface area (Å²) in [4.78, 5) is 13.1. The van der Waals surface area contributed by atoms with Crippen LogP contribution in [0.1, 0.15) is 31.6 Å². The van der Waals surface area contributed by atoms with Crippen molar-refractivity contribution in [2.24, 2.45) is 5.92 Å². The molecule has 21 heavy (non-hydrogen) atoms. The van der Waals surface area contributed by atoms with Gasteiger partial charge in [0.05, 0.1) is 17.2 Å². The fourth-order valence-corrected chi connectivity index (χ4v) is 3.04. The SMILES string of the molecule is CC1CCN(c2ccccc2[N+](=O)[O-])C(c2ccco2)C1. The Morgan fingerprint density at radius 2 is 2.10 bits per heavy atom. The van der Waals surface area contributed by atoms with E-state index in [9.17, 15) is 10.1 Å². The first-order chi connectivity index (χ1) is 10.2. The van der Waals surface area contributed by atoms with Crippen molar-refractivity contribution >= 4 is 11.4 Å². The van der Waals surface area contributed by atoms with Gasteiger partial charge in [0.25, 0.3) is 5.69 Å². The molecule has 0 saturated carbocycles. The Morgan fingerprint density at radius 3 is 2.81 bits per heavy atom. The number of nitro benzene ring substituents is 1. The van der Waals surface area contributed by atoms with Gasteiger partial charge < -0.3 is 9.32 Å². The van der Waals surface area contributed by atoms with E-state index < -0.39 is 0 Å². The van der Waals surface area contributed by atoms with E-state index in [2.05, 4.69) is 11.8 Å². The van der Waals surface area contributed by atoms with E-state index in [0.717, 1.165) is 25.1 Å². The lowest BCUT2D eigenvalue weighted by molar-refractivity contribution is -0.384. The third-order valence-corrected chi connectivity index (χ3v) is 4.12. The number of rotatable bonds is 3. The molecule has 2 unspecified atom stereocenters. The van der Waals surface area contributed by atoms with Gasteiger partial charge in [0.15, 0.2) is 0 Å². The summed E-state index contributed by atoms with van der Waals surface area (Å²) in [6.07, 6.45) is 3.63. The number of para-hydroxylation sites is 2. The molecule has 1 fully saturated rings. The Hall–Kier alpha value is -2.30. The summed E-state index contributed by atoms with van der Waals surface area (Å²) in [7, 11) is 0. The molecule has 0 radical (unpaired) electrons. The summed E-state index contributed by atoms with van der Waals surface area (Å²) in [6, 6.07) is 10.8. The molecule has 2 heterocycles. The van der Waals surface area contributed by atoms with Crippen LogP contribution in [0, 0.1) is 16.0 Å². The summed E-state index contributed by atoms with van der Waals surface area (Å²) >= 11 is 0. The minimum Gasteiger partial charge on any atom is -0.467 e. The molecular formula is C16H18N2O3. The van der Waals surface area contributed by atoms with Crippen molar-refractivity contribution < 1.29 is 9.34 Å². The molecule has 0 bridgehead atoms. The second-order valence-corrected chi connectivity index (χ2v) is 5.60. The molecule has 1 aliphatic rings. The van der Waals surface area contributed by atoms with E-state index in [1.807, 2.05) is 24.3 Å². The van der Waals surface area contributed by atoms with Crippen molar-refractivity contribution in [2.75, 3.05) is 11.4 Å². The molecule has 0 N–H and O–H groups in total. The van der Waals surface area contributed by atoms with Crippen molar-refractivity contribution in [3.8, 4) is 0 Å². The summed E-state index contributed by atoms with van der Waals surface area (Å²) in [6.45, 7) is 3.02. The van der Waals surface area contributed by atoms with E-state index in [-0.39, 0.29) is 16.7 Å². The molecule has 0 spiro atoms. The normalized spacial score (nSPS) is 22.2. The van der Waals surface area contributed by atoms with Crippen LogP contribution < -0.4 is 4.90 Å². The lowest BCUT2D eigenvalue weighted by Crippen LogP contribution is -2.36. The molecule has 0 amide bonds. The molecule has 110 valence electrons. The minimum absolute atomic E-state index is 0.0600. The summed E-state index contributed by atoms with van der Waals surface area (Å²) < 4.78 is 5.56. The van der Waals surface area contributed by atoms with E-state index in [4.69, 9.17) is 4.42 Å². The Labute approximate surface area is 123 Å². The van der Waals surface area contributed by atoms with Gasteiger partial charge in [-0.3, -0.25) is 10.1 Å². The molecule has 1 aliphatic heterocycles. The van der Waals surface area contributed by atoms with Crippen LogP contribution in [-0.4, -0.2) is 11.5 Å². The molecule has 3 rings (SSSR count). The average molecular weight is 286 g/mol. The maximum Gasteiger partial charge on any atom is 0.292 e. The summed E-state index contributed by atoms with van der Waals surface area (Å²) in [5, 5.41) is 11.3. The molecule has 1 saturated heterocycles. The predicted octanol–water partition coefficient (Wildman–Crippen LogP) is 4.17. The largest absolute Gasteiger partial charge is 0.467 e. The highest BCUT2D eigenvalue weighted by molar-refractivity contribution is 5.64. The third-order valence-electron chi connectivity index (χ3n) is 4.12. The third kappa shape index (κ3) is 2.63. The van der Waals surface area contributed by atoms with Crippen LogP contribution in [-0.2, 0) is 0 Å². The van der Waals surface area contributed by atoms with Gasteiger partial charge >= 0.3 is 0 Å². The maximum absolute atomic E-state index is 11.3. The van der Waals surface area contributed by atoms with Gasteiger partial charge in [-0.15, -0.1) is 0 Å². The number of nitrogens with zero attached hydrogens (tertiary/aromatic N) is 2. The number of hydrogen-bond acceptors (Lipinski definition) is 4. The van der Waals surface area contributed by atoms with Gasteiger partial charge in [-0.1, -0.05) is 19.1 Å². The van der Waals surface area contributed by atoms with Gasteiger partial charge in [-0.25, -0.2) is 0 Å². The van der Waals surface area contributed by atoms with E-state index in [0.29, 0.717) is 11.6 Å². The number of anilines is 1. The zero-order valence-electron chi connectivity index (χ0n) is 11.9. The van der Waals surface area contributed by atoms with Gasteiger partial charge in [0, 0.05) is 12.6 Å². The lowest BCUT2D eigenvalue weighted by Gasteiger charge is -2.38. The molecule has 2 atom stereocenters. The Morgan fingerprint density at radius 1 is 1.29 bits per heavy atom. The summed E-state index contributed by atoms with van der Waals surface area (Å²) in [5.74, 6) is 1.46. The number of hydrogen-bond donors (Lipinski definition) is 0. The zero-order chi connectivity index (χ0) is 14.8. The van der Waals surface area contributed by atoms with E-state index >= 15 is 0 Å². The number of nitro groups is 1. The van der Waals surface area contributed by atoms with Gasteiger partial charge in [0.2, 0.25) is 0 Å². The first-order valence-electron chi connectivity index (χ1n) is 7.20. The number of benzene rings is 1. The first kappa shape index (κ1) is 13.7. The van der Waals surface area contributed by atoms with Crippen LogP contribution in [0.4, 0.5) is 11.4 Å². The minimum atomic E-state index is -0.313. The molecule has 0 aliphatic carbocycles. The maximum atomic E-state index is 11.3. The van der Waals surface area contributed by atoms with Gasteiger partial charge in [-0.2, -0.15) is 0 Å². The Balaban J connectivity index is 2.01. The van der Waals surface area contributed by atoms with Crippen LogP contribution in [0.15, 0.2) is 47.1 Å². The monoisotopic (exact) mass is 286 g/mol. The highest BCUT2D eigenvalue weighted by atomic mass is 16.6. The van der Waals surface area contributed by atoms with Gasteiger partial charge in [-0.05, 0) is 37.0 Å². The fourth-order valence-electron chi connectivity index (χ4n) is 3.04. The molecule has 1 aromatic heterocycles. The summed E-state index contributed by atoms with van der Waals surface area (Å²) in [5.41, 5.74) is 0.833. The standard InChI is InChI=1S/C16H18N2O3/c1-12-8-9-17(15(11-12)16-7-4-10-21-16)13-5-2-3-6-14(13)18(19)20/h2-7,10,12,15H,8-9,11H2,1H3. The van der Waals surface area contributed by atoms with E-state index in [1.165, 1.54) is 0 Å². The van der Waals surface area contributed by atoms with Crippen LogP contribution in [0.5, 0.6) is 0 Å². The zero-order valence-corrected chi connectivity index (χ0v) is 11.9. The molecule has 5 nitrogen and oxygen atoms in total. The first-order valence-corrected chi connectivity index (χ1v) is 7.20. The van der Waals surface area contributed by atoms with Crippen molar-refractivity contribution in [3.05, 3.63) is 58.5 Å². The smallest absolute Gasteiger partial charge is 0.292 e. The quantitative estimate of drug-likeness (QED) is 0.627. The topological polar surface area (TPSA) is 59.5 Å². The van der Waals surface area contributed by atoms with E-state index in [1.54, 1.807) is 18.4 Å². The van der Waals surface area contributed by atoms with Crippen molar-refractivity contribution in [1.29, 1.82) is 0 Å². The number of furan rings is 1. The molecular weight excluding hydrogens is 268 g/mol. The lowest BCUT2D eigenvalue weighted by atomic mass is 9.90. The number of piperidine rings is 1. The molecule has 5 heteroatoms. The van der Waals surface area contributed by atoms with Crippen LogP contribution in [0.2, 0.25) is 0 Å². The predicted molar refractivity (Wildman–Crippen MR) is 80.3 cm³/mol. The fraction of sp³-hybridized carbons (Fsp3) is 0.375. The Bertz CT molecular complexity index is 624. The van der Waals surface area contributed by atoms with Crippen molar-refractivity contribution in [3.63, 3.8) is 0 Å². The second-order valence-electron chi connectivity index (χ2n) is 5.60. The second kappa shape index (κ2) is 5.60. The van der Waals surface area contributed by atoms with Crippen LogP contribution in [0.25, 0.3) is 0 Å². The van der Waals surface area contributed by atoms with Gasteiger partial charge in [0.1, 0.15) is 11.4 Å². The van der Waals surface area contributed by atoms with Crippen LogP contribution >= 0.6 is 0 Å². The highest BCUT2D eigenvalue weighted by Crippen LogP contribution is 2.40. The highest BCUT2D eigenvalue weighted by Gasteiger charge is 2.32. The van der Waals surface area contributed by atoms with Crippen molar-refractivity contribution in [1.82, 2.24) is 0 Å².